The molecule has 7 heteroatoms. The second-order valence-corrected chi connectivity index (χ2v) is 8.05. The smallest absolute Gasteiger partial charge is 0.314 e. The summed E-state index contributed by atoms with van der Waals surface area (Å²) < 4.78 is 0. The fraction of sp³-hybridized carbons (Fsp3) is 0.348. The zero-order chi connectivity index (χ0) is 21.1. The largest absolute Gasteiger partial charge is 0.344 e. The molecule has 0 saturated carbocycles. The van der Waals surface area contributed by atoms with Crippen LogP contribution in [-0.2, 0) is 15.1 Å². The van der Waals surface area contributed by atoms with Crippen molar-refractivity contribution in [2.45, 2.75) is 25.3 Å². The van der Waals surface area contributed by atoms with Crippen LogP contribution >= 0.6 is 0 Å². The highest BCUT2D eigenvalue weighted by Crippen LogP contribution is 2.35. The molecular formula is C23H26N4O3. The van der Waals surface area contributed by atoms with Crippen molar-refractivity contribution in [3.63, 3.8) is 0 Å². The molecule has 2 aliphatic heterocycles. The van der Waals surface area contributed by atoms with Gasteiger partial charge in [0.25, 0.3) is 11.8 Å². The van der Waals surface area contributed by atoms with E-state index in [1.165, 1.54) is 0 Å². The Morgan fingerprint density at radius 3 is 2.07 bits per heavy atom. The minimum absolute atomic E-state index is 0.160. The number of imide groups is 1. The van der Waals surface area contributed by atoms with Gasteiger partial charge in [-0.3, -0.25) is 19.9 Å². The molecule has 156 valence electrons. The molecule has 7 nitrogen and oxygen atoms in total. The maximum absolute atomic E-state index is 13.5. The fourth-order valence-electron chi connectivity index (χ4n) is 4.15. The molecule has 2 saturated heterocycles. The number of amides is 4. The van der Waals surface area contributed by atoms with Crippen LogP contribution in [0.5, 0.6) is 0 Å². The van der Waals surface area contributed by atoms with Gasteiger partial charge in [0.05, 0.1) is 6.54 Å². The number of hydrogen-bond donors (Lipinski definition) is 2. The number of rotatable bonds is 5. The zero-order valence-corrected chi connectivity index (χ0v) is 17.0. The van der Waals surface area contributed by atoms with Crippen molar-refractivity contribution < 1.29 is 14.4 Å². The third kappa shape index (κ3) is 3.68. The lowest BCUT2D eigenvalue weighted by molar-refractivity contribution is -0.139. The number of piperidine rings is 1. The Bertz CT molecular complexity index is 884. The molecule has 0 unspecified atom stereocenters. The first-order chi connectivity index (χ1) is 14.5. The Kier molecular flexibility index (Phi) is 5.55. The van der Waals surface area contributed by atoms with E-state index in [0.29, 0.717) is 17.0 Å². The predicted molar refractivity (Wildman–Crippen MR) is 112 cm³/mol. The van der Waals surface area contributed by atoms with Crippen LogP contribution in [0.3, 0.4) is 0 Å². The Morgan fingerprint density at radius 2 is 1.53 bits per heavy atom. The summed E-state index contributed by atoms with van der Waals surface area (Å²) in [5.41, 5.74) is 2.41. The van der Waals surface area contributed by atoms with Crippen LogP contribution in [0.1, 0.15) is 30.9 Å². The summed E-state index contributed by atoms with van der Waals surface area (Å²) in [7, 11) is 0. The molecule has 30 heavy (non-hydrogen) atoms. The maximum Gasteiger partial charge on any atom is 0.344 e. The number of benzene rings is 2. The van der Waals surface area contributed by atoms with Gasteiger partial charge >= 0.3 is 6.03 Å². The molecular weight excluding hydrogens is 380 g/mol. The van der Waals surface area contributed by atoms with Gasteiger partial charge in [0.1, 0.15) is 0 Å². The Balaban J connectivity index is 1.57. The molecule has 2 fully saturated rings. The molecule has 2 aromatic carbocycles. The molecule has 0 radical (unpaired) electrons. The molecule has 0 spiro atoms. The number of carbonyl (C=O) groups is 3. The van der Waals surface area contributed by atoms with Crippen molar-refractivity contribution in [1.82, 2.24) is 20.7 Å². The van der Waals surface area contributed by atoms with E-state index in [4.69, 9.17) is 0 Å². The van der Waals surface area contributed by atoms with E-state index in [0.717, 1.165) is 30.9 Å². The van der Waals surface area contributed by atoms with Crippen molar-refractivity contribution in [2.75, 3.05) is 19.6 Å². The lowest BCUT2D eigenvalue weighted by Gasteiger charge is -2.30. The van der Waals surface area contributed by atoms with E-state index in [1.54, 1.807) is 24.3 Å². The first kappa shape index (κ1) is 20.1. The van der Waals surface area contributed by atoms with Gasteiger partial charge in [-0.1, -0.05) is 67.6 Å². The summed E-state index contributed by atoms with van der Waals surface area (Å²) in [5, 5.41) is 3.64. The van der Waals surface area contributed by atoms with Gasteiger partial charge in [-0.05, 0) is 43.0 Å². The van der Waals surface area contributed by atoms with Crippen LogP contribution in [0, 0.1) is 5.92 Å². The monoisotopic (exact) mass is 406 g/mol. The first-order valence-electron chi connectivity index (χ1n) is 10.3. The van der Waals surface area contributed by atoms with Crippen molar-refractivity contribution in [3.8, 4) is 0 Å². The highest BCUT2D eigenvalue weighted by Gasteiger charge is 2.54. The average molecular weight is 406 g/mol. The molecule has 2 N–H and O–H groups in total. The van der Waals surface area contributed by atoms with Gasteiger partial charge in [0.15, 0.2) is 5.54 Å². The Morgan fingerprint density at radius 1 is 1.00 bits per heavy atom. The number of nitrogens with zero attached hydrogens (tertiary/aromatic N) is 2. The van der Waals surface area contributed by atoms with Crippen LogP contribution < -0.4 is 10.7 Å². The van der Waals surface area contributed by atoms with Gasteiger partial charge in [0, 0.05) is 0 Å². The summed E-state index contributed by atoms with van der Waals surface area (Å²) in [5.74, 6) is -0.233. The van der Waals surface area contributed by atoms with Crippen molar-refractivity contribution in [2.24, 2.45) is 5.92 Å². The predicted octanol–water partition coefficient (Wildman–Crippen LogP) is 2.25. The maximum atomic E-state index is 13.5. The van der Waals surface area contributed by atoms with Gasteiger partial charge in [-0.25, -0.2) is 4.79 Å². The average Bonchev–Trinajstić information content (AvgIpc) is 3.02. The van der Waals surface area contributed by atoms with Crippen LogP contribution in [0.2, 0.25) is 0 Å². The molecule has 4 amide bonds. The van der Waals surface area contributed by atoms with Gasteiger partial charge in [0.2, 0.25) is 0 Å². The number of nitrogens with one attached hydrogen (secondary N) is 2. The number of hydrogen-bond acceptors (Lipinski definition) is 4. The van der Waals surface area contributed by atoms with Crippen molar-refractivity contribution in [1.29, 1.82) is 0 Å². The number of carbonyl (C=O) groups excluding carboxylic acids is 3. The topological polar surface area (TPSA) is 81.8 Å². The summed E-state index contributed by atoms with van der Waals surface area (Å²) in [6, 6.07) is 17.5. The third-order valence-corrected chi connectivity index (χ3v) is 5.91. The standard InChI is InChI=1S/C23H26N4O3/c1-17-12-14-26(15-13-17)16-20(28)25-27-21(29)23(24-22(27)30,18-8-4-2-5-9-18)19-10-6-3-7-11-19/h2-11,17H,12-16H2,1H3,(H,24,30)(H,25,28). The minimum Gasteiger partial charge on any atom is -0.314 e. The second-order valence-electron chi connectivity index (χ2n) is 8.05. The summed E-state index contributed by atoms with van der Waals surface area (Å²) in [6.45, 7) is 4.05. The SMILES string of the molecule is CC1CCN(CC(=O)NN2C(=O)NC(c3ccccc3)(c3ccccc3)C2=O)CC1. The van der Waals surface area contributed by atoms with Crippen LogP contribution in [0.4, 0.5) is 4.79 Å². The molecule has 2 aliphatic rings. The van der Waals surface area contributed by atoms with E-state index in [2.05, 4.69) is 22.6 Å². The van der Waals surface area contributed by atoms with Crippen LogP contribution in [0.15, 0.2) is 60.7 Å². The van der Waals surface area contributed by atoms with Crippen LogP contribution in [0.25, 0.3) is 0 Å². The molecule has 0 aromatic heterocycles. The van der Waals surface area contributed by atoms with E-state index >= 15 is 0 Å². The van der Waals surface area contributed by atoms with Crippen molar-refractivity contribution >= 4 is 17.8 Å². The third-order valence-electron chi connectivity index (χ3n) is 5.91. The van der Waals surface area contributed by atoms with E-state index in [-0.39, 0.29) is 12.5 Å². The van der Waals surface area contributed by atoms with Gasteiger partial charge < -0.3 is 5.32 Å². The highest BCUT2D eigenvalue weighted by atomic mass is 16.2. The van der Waals surface area contributed by atoms with Crippen molar-refractivity contribution in [3.05, 3.63) is 71.8 Å². The zero-order valence-electron chi connectivity index (χ0n) is 17.0. The second kappa shape index (κ2) is 8.28. The Labute approximate surface area is 176 Å². The number of hydrazine groups is 1. The molecule has 2 heterocycles. The van der Waals surface area contributed by atoms with E-state index in [1.807, 2.05) is 36.4 Å². The lowest BCUT2D eigenvalue weighted by atomic mass is 9.83. The number of urea groups is 1. The molecule has 0 aliphatic carbocycles. The lowest BCUT2D eigenvalue weighted by Crippen LogP contribution is -2.52. The van der Waals surface area contributed by atoms with E-state index in [9.17, 15) is 14.4 Å². The molecule has 0 bridgehead atoms. The fourth-order valence-corrected chi connectivity index (χ4v) is 4.15. The summed E-state index contributed by atoms with van der Waals surface area (Å²) in [6.07, 6.45) is 2.09. The van der Waals surface area contributed by atoms with Gasteiger partial charge in [-0.15, -0.1) is 0 Å². The summed E-state index contributed by atoms with van der Waals surface area (Å²) >= 11 is 0. The number of likely N-dealkylation sites (tertiary alicyclic amines) is 1. The van der Waals surface area contributed by atoms with Crippen LogP contribution in [-0.4, -0.2) is 47.4 Å². The Hall–Kier alpha value is -3.19. The normalized spacial score (nSPS) is 19.6. The highest BCUT2D eigenvalue weighted by molar-refractivity contribution is 6.10. The van der Waals surface area contributed by atoms with Gasteiger partial charge in [-0.2, -0.15) is 5.01 Å². The van der Waals surface area contributed by atoms with E-state index < -0.39 is 17.5 Å². The molecule has 2 aromatic rings. The minimum atomic E-state index is -1.38. The quantitative estimate of drug-likeness (QED) is 0.747. The first-order valence-corrected chi connectivity index (χ1v) is 10.3. The molecule has 0 atom stereocenters. The summed E-state index contributed by atoms with van der Waals surface area (Å²) in [4.78, 5) is 41.0. The molecule has 4 rings (SSSR count).